The Labute approximate surface area is 437 Å². The highest BCUT2D eigenvalue weighted by Gasteiger charge is 2.51. The fourth-order valence-electron chi connectivity index (χ4n) is 11.3. The van der Waals surface area contributed by atoms with Crippen molar-refractivity contribution in [1.82, 2.24) is 4.90 Å². The first kappa shape index (κ1) is 64.9. The largest absolute Gasteiger partial charge is 0.461 e. The molecule has 4 aliphatic heterocycles. The molecule has 0 radical (unpaired) electrons. The van der Waals surface area contributed by atoms with E-state index >= 15 is 4.79 Å². The van der Waals surface area contributed by atoms with Crippen LogP contribution in [0.3, 0.4) is 0 Å². The molecule has 22 atom stereocenters. The normalized spacial score (nSPS) is 41.9. The number of methoxy groups -OCH3 is 2. The second-order valence-corrected chi connectivity index (χ2v) is 22.7. The van der Waals surface area contributed by atoms with E-state index in [0.29, 0.717) is 24.6 Å². The minimum Gasteiger partial charge on any atom is -0.461 e. The lowest BCUT2D eigenvalue weighted by Gasteiger charge is -2.44. The molecule has 4 fully saturated rings. The van der Waals surface area contributed by atoms with Crippen molar-refractivity contribution in [3.05, 3.63) is 0 Å². The van der Waals surface area contributed by atoms with Gasteiger partial charge in [-0.15, -0.1) is 0 Å². The summed E-state index contributed by atoms with van der Waals surface area (Å²) in [7, 11) is 4.32. The van der Waals surface area contributed by atoms with Gasteiger partial charge in [0.1, 0.15) is 49.3 Å². The average molecular weight is 1050 g/mol. The van der Waals surface area contributed by atoms with Crippen molar-refractivity contribution in [2.24, 2.45) is 52.5 Å². The van der Waals surface area contributed by atoms with E-state index < -0.39 is 139 Å². The molecule has 0 aromatic heterocycles. The zero-order chi connectivity index (χ0) is 54.1. The van der Waals surface area contributed by atoms with Crippen LogP contribution in [0.2, 0.25) is 0 Å². The van der Waals surface area contributed by atoms with E-state index in [1.807, 2.05) is 48.5 Å². The van der Waals surface area contributed by atoms with Crippen LogP contribution in [0.1, 0.15) is 137 Å². The first-order chi connectivity index (χ1) is 33.6. The lowest BCUT2D eigenvalue weighted by molar-refractivity contribution is -0.305. The first-order valence-corrected chi connectivity index (χ1v) is 26.5. The maximum absolute atomic E-state index is 15.3. The quantitative estimate of drug-likeness (QED) is 0.120. The van der Waals surface area contributed by atoms with Crippen molar-refractivity contribution in [2.45, 2.75) is 235 Å². The summed E-state index contributed by atoms with van der Waals surface area (Å²) in [5.41, 5.74) is -1.70. The molecule has 0 bridgehead atoms. The summed E-state index contributed by atoms with van der Waals surface area (Å²) in [4.78, 5) is 51.3. The van der Waals surface area contributed by atoms with Crippen LogP contribution in [-0.4, -0.2) is 182 Å². The van der Waals surface area contributed by atoms with Crippen LogP contribution in [0.25, 0.3) is 0 Å². The molecule has 4 heterocycles. The number of carbonyl (C=O) groups is 3. The van der Waals surface area contributed by atoms with Crippen molar-refractivity contribution in [3.8, 4) is 0 Å². The van der Waals surface area contributed by atoms with Crippen LogP contribution in [0.15, 0.2) is 5.16 Å². The Hall–Kier alpha value is -2.40. The average Bonchev–Trinajstić information content (AvgIpc) is 3.42. The van der Waals surface area contributed by atoms with Crippen LogP contribution in [0.5, 0.6) is 0 Å². The van der Waals surface area contributed by atoms with Gasteiger partial charge in [-0.05, 0) is 65.7 Å². The SMILES string of the molecule is C.CO/N=C1\C[C@@H](C)O[C@@H](O[C@@H]2[C@@H](C)[C@H](O[C@H]3CC(C)N(CC(C)C)C[C@H](C)O3)[C@@H](C)C(=O)O[C@H]([C@@H](C)CO[C@@H]3O[C@H](C)[C@@H](O)[C@@H](OC)[C@H]3OC)[C@H](C)[C@@H](OC(=O)CC(C)C)[C@@H](C)C(=O)[C@@](C)(O)C[C@@H]2C)[C@@H]1O. The van der Waals surface area contributed by atoms with Gasteiger partial charge < -0.3 is 67.5 Å². The molecule has 4 aliphatic rings. The lowest BCUT2D eigenvalue weighted by atomic mass is 9.74. The van der Waals surface area contributed by atoms with Gasteiger partial charge >= 0.3 is 11.9 Å². The minimum absolute atomic E-state index is 0. The molecule has 426 valence electrons. The number of nitrogens with zero attached hydrogens (tertiary/aromatic N) is 2. The smallest absolute Gasteiger partial charge is 0.311 e. The summed E-state index contributed by atoms with van der Waals surface area (Å²) in [6.45, 7) is 29.3. The molecule has 3 N–H and O–H groups in total. The Balaban J connectivity index is 0.0000141. The molecular formula is C54H98N2O17. The molecule has 4 rings (SSSR count). The Morgan fingerprint density at radius 1 is 0.795 bits per heavy atom. The fraction of sp³-hybridized carbons (Fsp3) is 0.926. The Bertz CT molecular complexity index is 1730. The molecule has 0 aromatic carbocycles. The number of carbonyl (C=O) groups excluding carboxylic acids is 3. The summed E-state index contributed by atoms with van der Waals surface area (Å²) in [5, 5.41) is 39.0. The Kier molecular flexibility index (Phi) is 25.6. The highest BCUT2D eigenvalue weighted by atomic mass is 16.7. The summed E-state index contributed by atoms with van der Waals surface area (Å²) in [6, 6.07) is 0.0518. The molecule has 1 unspecified atom stereocenters. The first-order valence-electron chi connectivity index (χ1n) is 26.5. The van der Waals surface area contributed by atoms with Crippen molar-refractivity contribution >= 4 is 23.4 Å². The third-order valence-corrected chi connectivity index (χ3v) is 15.0. The standard InChI is InChI=1S/C53H94N2O17.CH4/c1-26(2)19-39(56)69-45-34(11)44(29(6)25-65-52-48(63-17)47(62-16)41(57)37(14)68-52)71-50(60)36(13)46(70-40-20-30(7)55(23-27(3)4)24-32(9)66-40)33(10)43(28(5)22-53(15,61)49(59)35(45)12)72-51-42(58)38(54-64-18)21-31(8)67-51;/h26-37,40-48,51-52,57-58,61H,19-25H2,1-18H3;1H4/b54-38+;/t28-,29-,30?,31+,32-,33+,34-,35+,36+,37+,40-,41+,42+,43-,44+,45+,46-,47+,48+,51-,52+,53-;/m0./s1. The van der Waals surface area contributed by atoms with E-state index in [1.165, 1.54) is 28.3 Å². The number of cyclic esters (lactones) is 1. The molecule has 73 heavy (non-hydrogen) atoms. The van der Waals surface area contributed by atoms with Gasteiger partial charge in [-0.3, -0.25) is 19.3 Å². The third-order valence-electron chi connectivity index (χ3n) is 15.0. The maximum atomic E-state index is 15.3. The summed E-state index contributed by atoms with van der Waals surface area (Å²) in [5.74, 6) is -6.45. The number of aliphatic hydroxyl groups excluding tert-OH is 2. The lowest BCUT2D eigenvalue weighted by Crippen LogP contribution is -2.59. The number of hydrogen-bond donors (Lipinski definition) is 3. The zero-order valence-electron chi connectivity index (χ0n) is 46.7. The Morgan fingerprint density at radius 2 is 1.44 bits per heavy atom. The second-order valence-electron chi connectivity index (χ2n) is 22.7. The van der Waals surface area contributed by atoms with Gasteiger partial charge in [-0.1, -0.05) is 74.9 Å². The molecule has 0 aliphatic carbocycles. The summed E-state index contributed by atoms with van der Waals surface area (Å²) < 4.78 is 63.5. The van der Waals surface area contributed by atoms with Crippen LogP contribution >= 0.6 is 0 Å². The number of hydrogen-bond acceptors (Lipinski definition) is 19. The monoisotopic (exact) mass is 1050 g/mol. The number of aliphatic hydroxyl groups is 3. The molecule has 4 saturated heterocycles. The molecule has 19 heteroatoms. The van der Waals surface area contributed by atoms with Gasteiger partial charge in [0.25, 0.3) is 0 Å². The van der Waals surface area contributed by atoms with E-state index in [-0.39, 0.29) is 51.4 Å². The molecule has 0 saturated carbocycles. The van der Waals surface area contributed by atoms with Gasteiger partial charge in [-0.2, -0.15) is 0 Å². The molecular weight excluding hydrogens is 949 g/mol. The molecule has 0 spiro atoms. The van der Waals surface area contributed by atoms with Crippen LogP contribution < -0.4 is 0 Å². The molecule has 0 amide bonds. The summed E-state index contributed by atoms with van der Waals surface area (Å²) >= 11 is 0. The highest BCUT2D eigenvalue weighted by molar-refractivity contribution is 5.90. The molecule has 19 nitrogen and oxygen atoms in total. The van der Waals surface area contributed by atoms with Crippen LogP contribution in [0, 0.1) is 47.3 Å². The van der Waals surface area contributed by atoms with Crippen molar-refractivity contribution in [2.75, 3.05) is 41.0 Å². The van der Waals surface area contributed by atoms with E-state index in [9.17, 15) is 24.9 Å². The zero-order valence-corrected chi connectivity index (χ0v) is 46.7. The van der Waals surface area contributed by atoms with E-state index in [2.05, 4.69) is 30.8 Å². The highest BCUT2D eigenvalue weighted by Crippen LogP contribution is 2.39. The predicted octanol–water partition coefficient (Wildman–Crippen LogP) is 5.93. The second kappa shape index (κ2) is 28.8. The maximum Gasteiger partial charge on any atom is 0.311 e. The number of rotatable bonds is 16. The van der Waals surface area contributed by atoms with E-state index in [1.54, 1.807) is 27.7 Å². The van der Waals surface area contributed by atoms with Gasteiger partial charge in [-0.25, -0.2) is 0 Å². The van der Waals surface area contributed by atoms with Crippen LogP contribution in [0.4, 0.5) is 0 Å². The number of esters is 2. The number of Topliss-reactive ketones (excluding diaryl/α,β-unsaturated/α-hetero) is 1. The van der Waals surface area contributed by atoms with Gasteiger partial charge in [0.15, 0.2) is 24.7 Å². The summed E-state index contributed by atoms with van der Waals surface area (Å²) in [6.07, 6.45) is -11.8. The van der Waals surface area contributed by atoms with Crippen molar-refractivity contribution in [1.29, 1.82) is 0 Å². The topological polar surface area (TPSA) is 229 Å². The molecule has 0 aromatic rings. The Morgan fingerprint density at radius 3 is 2.03 bits per heavy atom. The van der Waals surface area contributed by atoms with Gasteiger partial charge in [0.2, 0.25) is 0 Å². The van der Waals surface area contributed by atoms with Gasteiger partial charge in [0.05, 0.1) is 54.7 Å². The van der Waals surface area contributed by atoms with Crippen molar-refractivity contribution < 1.29 is 81.9 Å². The third kappa shape index (κ3) is 17.0. The number of oxime groups is 1. The van der Waals surface area contributed by atoms with E-state index in [4.69, 9.17) is 52.2 Å². The van der Waals surface area contributed by atoms with Crippen LogP contribution in [-0.2, 0) is 66.6 Å². The van der Waals surface area contributed by atoms with Gasteiger partial charge in [0, 0.05) is 70.4 Å². The minimum atomic E-state index is -2.01. The number of ketones is 1. The predicted molar refractivity (Wildman–Crippen MR) is 273 cm³/mol. The van der Waals surface area contributed by atoms with Crippen molar-refractivity contribution in [3.63, 3.8) is 0 Å². The van der Waals surface area contributed by atoms with E-state index in [0.717, 1.165) is 6.54 Å². The fourth-order valence-corrected chi connectivity index (χ4v) is 11.3. The number of ether oxygens (including phenoxy) is 10.